The summed E-state index contributed by atoms with van der Waals surface area (Å²) in [6.45, 7) is 2.08. The van der Waals surface area contributed by atoms with Gasteiger partial charge in [-0.2, -0.15) is 0 Å². The molecule has 4 heteroatoms. The normalized spacial score (nSPS) is 14.8. The Balaban J connectivity index is 2.05. The third kappa shape index (κ3) is 2.36. The van der Waals surface area contributed by atoms with Gasteiger partial charge >= 0.3 is 0 Å². The lowest BCUT2D eigenvalue weighted by atomic mass is 9.98. The molecule has 1 amide bonds. The maximum Gasteiger partial charge on any atom is 0.228 e. The minimum atomic E-state index is 0.0234. The Kier molecular flexibility index (Phi) is 3.57. The molecule has 1 aliphatic rings. The van der Waals surface area contributed by atoms with Gasteiger partial charge in [0, 0.05) is 10.7 Å². The van der Waals surface area contributed by atoms with Crippen LogP contribution in [0.2, 0.25) is 5.02 Å². The molecule has 0 aliphatic carbocycles. The molecule has 0 radical (unpaired) electrons. The first-order chi connectivity index (χ1) is 9.56. The summed E-state index contributed by atoms with van der Waals surface area (Å²) < 4.78 is 0. The summed E-state index contributed by atoms with van der Waals surface area (Å²) in [5.41, 5.74) is 5.23. The Morgan fingerprint density at radius 2 is 2.00 bits per heavy atom. The minimum Gasteiger partial charge on any atom is -0.325 e. The van der Waals surface area contributed by atoms with E-state index in [0.29, 0.717) is 11.4 Å². The number of carbonyl (C=O) groups is 1. The second-order valence-corrected chi connectivity index (χ2v) is 6.30. The molecule has 0 bridgehead atoms. The summed E-state index contributed by atoms with van der Waals surface area (Å²) in [6, 6.07) is 12.1. The second-order valence-electron chi connectivity index (χ2n) is 4.97. The zero-order valence-corrected chi connectivity index (χ0v) is 13.3. The number of carbonyl (C=O) groups excluding carboxylic acids is 1. The van der Waals surface area contributed by atoms with Crippen LogP contribution < -0.4 is 5.32 Å². The number of rotatable bonds is 2. The highest BCUT2D eigenvalue weighted by atomic mass is 79.9. The zero-order valence-electron chi connectivity index (χ0n) is 10.9. The van der Waals surface area contributed by atoms with E-state index in [1.807, 2.05) is 24.3 Å². The van der Waals surface area contributed by atoms with Crippen molar-refractivity contribution in [3.05, 3.63) is 63.7 Å². The first-order valence-corrected chi connectivity index (χ1v) is 7.67. The number of hydrogen-bond acceptors (Lipinski definition) is 1. The molecule has 1 unspecified atom stereocenters. The molecule has 0 saturated carbocycles. The molecule has 0 fully saturated rings. The Labute approximate surface area is 131 Å². The molecule has 0 aromatic heterocycles. The molecular formula is C16H13BrClNO. The van der Waals surface area contributed by atoms with Gasteiger partial charge in [0.2, 0.25) is 5.91 Å². The number of amides is 1. The summed E-state index contributed by atoms with van der Waals surface area (Å²) >= 11 is 10.1. The van der Waals surface area contributed by atoms with E-state index in [1.54, 1.807) is 0 Å². The fraction of sp³-hybridized carbons (Fsp3) is 0.188. The van der Waals surface area contributed by atoms with Crippen LogP contribution in [0, 0.1) is 6.92 Å². The van der Waals surface area contributed by atoms with E-state index in [1.165, 1.54) is 11.1 Å². The fourth-order valence-electron chi connectivity index (χ4n) is 2.50. The van der Waals surface area contributed by atoms with Crippen LogP contribution in [0.15, 0.2) is 36.4 Å². The van der Waals surface area contributed by atoms with Gasteiger partial charge in [0.1, 0.15) is 0 Å². The monoisotopic (exact) mass is 349 g/mol. The molecule has 20 heavy (non-hydrogen) atoms. The van der Waals surface area contributed by atoms with Gasteiger partial charge in [-0.1, -0.05) is 57.9 Å². The van der Waals surface area contributed by atoms with Crippen molar-refractivity contribution in [3.63, 3.8) is 0 Å². The Morgan fingerprint density at radius 1 is 1.25 bits per heavy atom. The maximum absolute atomic E-state index is 11.5. The lowest BCUT2D eigenvalue weighted by Crippen LogP contribution is -2.03. The van der Waals surface area contributed by atoms with Crippen molar-refractivity contribution in [2.75, 3.05) is 5.32 Å². The van der Waals surface area contributed by atoms with Crippen LogP contribution in [0.3, 0.4) is 0 Å². The van der Waals surface area contributed by atoms with Gasteiger partial charge in [0.05, 0.1) is 11.2 Å². The number of benzene rings is 2. The molecule has 1 atom stereocenters. The van der Waals surface area contributed by atoms with Crippen molar-refractivity contribution >= 4 is 39.1 Å². The van der Waals surface area contributed by atoms with Crippen molar-refractivity contribution < 1.29 is 4.79 Å². The molecule has 1 aliphatic heterocycles. The van der Waals surface area contributed by atoms with Crippen LogP contribution in [0.4, 0.5) is 5.69 Å². The first-order valence-electron chi connectivity index (χ1n) is 6.38. The number of aryl methyl sites for hydroxylation is 1. The fourth-order valence-corrected chi connectivity index (χ4v) is 3.80. The van der Waals surface area contributed by atoms with Crippen molar-refractivity contribution in [2.45, 2.75) is 18.2 Å². The summed E-state index contributed by atoms with van der Waals surface area (Å²) in [7, 11) is 0. The smallest absolute Gasteiger partial charge is 0.228 e. The Hall–Kier alpha value is -1.32. The summed E-state index contributed by atoms with van der Waals surface area (Å²) in [4.78, 5) is 11.5. The highest BCUT2D eigenvalue weighted by Crippen LogP contribution is 2.40. The number of halogens is 2. The van der Waals surface area contributed by atoms with Crippen molar-refractivity contribution in [1.82, 2.24) is 0 Å². The summed E-state index contributed by atoms with van der Waals surface area (Å²) in [5, 5.41) is 3.48. The SMILES string of the molecule is Cc1ccccc1C(Br)c1cc2c(cc1Cl)NC(=O)C2. The van der Waals surface area contributed by atoms with E-state index in [9.17, 15) is 4.79 Å². The van der Waals surface area contributed by atoms with E-state index in [-0.39, 0.29) is 10.7 Å². The maximum atomic E-state index is 11.5. The number of alkyl halides is 1. The van der Waals surface area contributed by atoms with E-state index in [2.05, 4.69) is 40.3 Å². The van der Waals surface area contributed by atoms with Crippen LogP contribution in [-0.4, -0.2) is 5.91 Å². The van der Waals surface area contributed by atoms with Crippen molar-refractivity contribution in [1.29, 1.82) is 0 Å². The molecule has 3 rings (SSSR count). The lowest BCUT2D eigenvalue weighted by Gasteiger charge is -2.16. The topological polar surface area (TPSA) is 29.1 Å². The van der Waals surface area contributed by atoms with E-state index < -0.39 is 0 Å². The van der Waals surface area contributed by atoms with Crippen LogP contribution in [0.25, 0.3) is 0 Å². The van der Waals surface area contributed by atoms with E-state index in [0.717, 1.165) is 16.8 Å². The molecule has 2 aromatic rings. The zero-order chi connectivity index (χ0) is 14.3. The number of anilines is 1. The van der Waals surface area contributed by atoms with E-state index >= 15 is 0 Å². The summed E-state index contributed by atoms with van der Waals surface area (Å²) in [6.07, 6.45) is 0.424. The molecule has 1 heterocycles. The van der Waals surface area contributed by atoms with Gasteiger partial charge in [0.25, 0.3) is 0 Å². The van der Waals surface area contributed by atoms with Gasteiger partial charge in [-0.25, -0.2) is 0 Å². The van der Waals surface area contributed by atoms with Gasteiger partial charge in [-0.15, -0.1) is 0 Å². The van der Waals surface area contributed by atoms with Crippen molar-refractivity contribution in [2.24, 2.45) is 0 Å². The Morgan fingerprint density at radius 3 is 2.75 bits per heavy atom. The summed E-state index contributed by atoms with van der Waals surface area (Å²) in [5.74, 6) is 0.0234. The third-order valence-electron chi connectivity index (χ3n) is 3.58. The molecule has 102 valence electrons. The standard InChI is InChI=1S/C16H13BrClNO/c1-9-4-2-3-5-11(9)16(17)12-6-10-7-15(20)19-14(10)8-13(12)18/h2-6,8,16H,7H2,1H3,(H,19,20). The van der Waals surface area contributed by atoms with Crippen LogP contribution >= 0.6 is 27.5 Å². The third-order valence-corrected chi connectivity index (χ3v) is 4.90. The van der Waals surface area contributed by atoms with Gasteiger partial charge in [-0.3, -0.25) is 4.79 Å². The highest BCUT2D eigenvalue weighted by Gasteiger charge is 2.23. The van der Waals surface area contributed by atoms with Crippen LogP contribution in [0.1, 0.15) is 27.1 Å². The van der Waals surface area contributed by atoms with Crippen molar-refractivity contribution in [3.8, 4) is 0 Å². The van der Waals surface area contributed by atoms with Crippen LogP contribution in [0.5, 0.6) is 0 Å². The molecule has 1 N–H and O–H groups in total. The number of fused-ring (bicyclic) bond motifs is 1. The van der Waals surface area contributed by atoms with Gasteiger partial charge in [0.15, 0.2) is 0 Å². The van der Waals surface area contributed by atoms with Gasteiger partial charge < -0.3 is 5.32 Å². The average molecular weight is 351 g/mol. The molecule has 0 saturated heterocycles. The minimum absolute atomic E-state index is 0.0234. The van der Waals surface area contributed by atoms with E-state index in [4.69, 9.17) is 11.6 Å². The highest BCUT2D eigenvalue weighted by molar-refractivity contribution is 9.09. The molecular weight excluding hydrogens is 338 g/mol. The quantitative estimate of drug-likeness (QED) is 0.786. The molecule has 0 spiro atoms. The first kappa shape index (κ1) is 13.7. The average Bonchev–Trinajstić information content (AvgIpc) is 2.76. The van der Waals surface area contributed by atoms with Gasteiger partial charge in [-0.05, 0) is 35.2 Å². The van der Waals surface area contributed by atoms with Crippen LogP contribution in [-0.2, 0) is 11.2 Å². The lowest BCUT2D eigenvalue weighted by molar-refractivity contribution is -0.115. The predicted octanol–water partition coefficient (Wildman–Crippen LogP) is 4.63. The molecule has 2 nitrogen and oxygen atoms in total. The number of hydrogen-bond donors (Lipinski definition) is 1. The largest absolute Gasteiger partial charge is 0.325 e. The molecule has 2 aromatic carbocycles. The predicted molar refractivity (Wildman–Crippen MR) is 85.7 cm³/mol. The second kappa shape index (κ2) is 5.23. The Bertz CT molecular complexity index is 699. The number of nitrogens with one attached hydrogen (secondary N) is 1.